The number of para-hydroxylation sites is 1. The monoisotopic (exact) mass is 349 g/mol. The van der Waals surface area contributed by atoms with Gasteiger partial charge in [0.05, 0.1) is 11.4 Å². The third-order valence-electron chi connectivity index (χ3n) is 3.97. The summed E-state index contributed by atoms with van der Waals surface area (Å²) in [5.41, 5.74) is 3.65. The Morgan fingerprint density at radius 2 is 1.22 bits per heavy atom. The van der Waals surface area contributed by atoms with E-state index in [9.17, 15) is 0 Å². The Labute approximate surface area is 158 Å². The van der Waals surface area contributed by atoms with Crippen molar-refractivity contribution in [2.45, 2.75) is 0 Å². The van der Waals surface area contributed by atoms with E-state index in [1.54, 1.807) is 0 Å². The molecule has 3 heteroatoms. The predicted octanol–water partition coefficient (Wildman–Crippen LogP) is 7.36. The lowest BCUT2D eigenvalue weighted by atomic mass is 10.1. The van der Waals surface area contributed by atoms with Gasteiger partial charge in [-0.1, -0.05) is 54.6 Å². The zero-order chi connectivity index (χ0) is 18.3. The first-order valence-corrected chi connectivity index (χ1v) is 8.69. The number of azo groups is 1. The van der Waals surface area contributed by atoms with Crippen LogP contribution in [0.25, 0.3) is 11.1 Å². The van der Waals surface area contributed by atoms with Crippen LogP contribution in [0.5, 0.6) is 11.5 Å². The van der Waals surface area contributed by atoms with Crippen molar-refractivity contribution in [2.24, 2.45) is 10.2 Å². The summed E-state index contributed by atoms with van der Waals surface area (Å²) in [5, 5.41) is 8.51. The lowest BCUT2D eigenvalue weighted by molar-refractivity contribution is 0.483. The summed E-state index contributed by atoms with van der Waals surface area (Å²) in [6.45, 7) is 0. The lowest BCUT2D eigenvalue weighted by Crippen LogP contribution is -1.85. The van der Waals surface area contributed by atoms with Crippen LogP contribution in [0.2, 0.25) is 0 Å². The minimum atomic E-state index is 0.780. The van der Waals surface area contributed by atoms with E-state index in [1.807, 2.05) is 103 Å². The molecule has 0 spiro atoms. The predicted molar refractivity (Wildman–Crippen MR) is 108 cm³/mol. The standard InChI is InChI=1S/C24H17N2O/c1-3-9-21(10-4-1)25-26-22-16-14-19(15-17-22)20-8-7-13-24(18-20)27-23-11-5-2-6-12-23/h1-7,9-18H. The van der Waals surface area contributed by atoms with Gasteiger partial charge in [-0.3, -0.25) is 0 Å². The first-order valence-electron chi connectivity index (χ1n) is 8.69. The van der Waals surface area contributed by atoms with E-state index in [2.05, 4.69) is 16.3 Å². The fraction of sp³-hybridized carbons (Fsp3) is 0. The van der Waals surface area contributed by atoms with E-state index in [0.717, 1.165) is 34.0 Å². The van der Waals surface area contributed by atoms with E-state index >= 15 is 0 Å². The Morgan fingerprint density at radius 3 is 1.93 bits per heavy atom. The molecule has 0 saturated heterocycles. The smallest absolute Gasteiger partial charge is 0.128 e. The molecule has 1 radical (unpaired) electrons. The largest absolute Gasteiger partial charge is 0.457 e. The molecule has 0 amide bonds. The Kier molecular flexibility index (Phi) is 5.02. The highest BCUT2D eigenvalue weighted by atomic mass is 16.5. The maximum atomic E-state index is 5.90. The lowest BCUT2D eigenvalue weighted by Gasteiger charge is -2.07. The van der Waals surface area contributed by atoms with Crippen LogP contribution in [0.1, 0.15) is 0 Å². The molecule has 0 fully saturated rings. The molecule has 0 N–H and O–H groups in total. The topological polar surface area (TPSA) is 34.0 Å². The number of ether oxygens (including phenoxy) is 1. The highest BCUT2D eigenvalue weighted by Crippen LogP contribution is 2.28. The highest BCUT2D eigenvalue weighted by Gasteiger charge is 2.02. The number of nitrogens with zero attached hydrogens (tertiary/aromatic N) is 2. The number of hydrogen-bond donors (Lipinski definition) is 0. The third-order valence-corrected chi connectivity index (χ3v) is 3.97. The van der Waals surface area contributed by atoms with Crippen molar-refractivity contribution >= 4 is 11.4 Å². The van der Waals surface area contributed by atoms with Crippen LogP contribution in [0.15, 0.2) is 113 Å². The third kappa shape index (κ3) is 4.47. The second-order valence-corrected chi connectivity index (χ2v) is 5.94. The summed E-state index contributed by atoms with van der Waals surface area (Å²) >= 11 is 0. The summed E-state index contributed by atoms with van der Waals surface area (Å²) < 4.78 is 5.90. The average molecular weight is 349 g/mol. The Morgan fingerprint density at radius 1 is 0.593 bits per heavy atom. The van der Waals surface area contributed by atoms with Gasteiger partial charge in [0, 0.05) is 0 Å². The maximum absolute atomic E-state index is 5.90. The maximum Gasteiger partial charge on any atom is 0.128 e. The van der Waals surface area contributed by atoms with Gasteiger partial charge in [0.1, 0.15) is 11.5 Å². The molecule has 0 aromatic heterocycles. The Bertz CT molecular complexity index is 1030. The van der Waals surface area contributed by atoms with Crippen molar-refractivity contribution in [3.05, 3.63) is 109 Å². The van der Waals surface area contributed by atoms with E-state index in [4.69, 9.17) is 4.74 Å². The molecule has 0 saturated carbocycles. The molecule has 0 aliphatic rings. The molecule has 4 rings (SSSR count). The van der Waals surface area contributed by atoms with Gasteiger partial charge in [-0.05, 0) is 65.7 Å². The fourth-order valence-corrected chi connectivity index (χ4v) is 2.62. The second kappa shape index (κ2) is 8.11. The zero-order valence-corrected chi connectivity index (χ0v) is 14.6. The molecular weight excluding hydrogens is 332 g/mol. The van der Waals surface area contributed by atoms with E-state index in [0.29, 0.717) is 0 Å². The highest BCUT2D eigenvalue weighted by molar-refractivity contribution is 5.66. The number of hydrogen-bond acceptors (Lipinski definition) is 3. The second-order valence-electron chi connectivity index (χ2n) is 5.94. The van der Waals surface area contributed by atoms with Crippen molar-refractivity contribution in [3.8, 4) is 22.6 Å². The minimum absolute atomic E-state index is 0.780. The molecule has 0 atom stereocenters. The summed E-state index contributed by atoms with van der Waals surface area (Å²) in [6, 6.07) is 36.3. The molecule has 0 aliphatic carbocycles. The molecule has 0 unspecified atom stereocenters. The molecule has 4 aromatic rings. The van der Waals surface area contributed by atoms with Gasteiger partial charge >= 0.3 is 0 Å². The molecule has 129 valence electrons. The minimum Gasteiger partial charge on any atom is -0.457 e. The summed E-state index contributed by atoms with van der Waals surface area (Å²) in [7, 11) is 0. The summed E-state index contributed by atoms with van der Waals surface area (Å²) in [4.78, 5) is 0. The molecule has 4 aromatic carbocycles. The van der Waals surface area contributed by atoms with Crippen molar-refractivity contribution in [2.75, 3.05) is 0 Å². The quantitative estimate of drug-likeness (QED) is 0.346. The van der Waals surface area contributed by atoms with Crippen molar-refractivity contribution < 1.29 is 4.74 Å². The molecular formula is C24H17N2O. The van der Waals surface area contributed by atoms with Crippen molar-refractivity contribution in [1.29, 1.82) is 0 Å². The SMILES string of the molecule is [c]1ccc(Oc2ccccc2)cc1-c1ccc(N=Nc2ccccc2)cc1. The van der Waals surface area contributed by atoms with Crippen LogP contribution in [0, 0.1) is 6.07 Å². The van der Waals surface area contributed by atoms with Crippen LogP contribution in [0.3, 0.4) is 0 Å². The zero-order valence-electron chi connectivity index (χ0n) is 14.6. The van der Waals surface area contributed by atoms with Crippen molar-refractivity contribution in [3.63, 3.8) is 0 Å². The van der Waals surface area contributed by atoms with Crippen molar-refractivity contribution in [1.82, 2.24) is 0 Å². The van der Waals surface area contributed by atoms with Gasteiger partial charge in [0.15, 0.2) is 0 Å². The normalized spacial score (nSPS) is 10.8. The molecule has 0 bridgehead atoms. The fourth-order valence-electron chi connectivity index (χ4n) is 2.62. The first kappa shape index (κ1) is 16.7. The van der Waals surface area contributed by atoms with E-state index < -0.39 is 0 Å². The molecule has 0 aliphatic heterocycles. The summed E-state index contributed by atoms with van der Waals surface area (Å²) in [6.07, 6.45) is 0. The van der Waals surface area contributed by atoms with Crippen LogP contribution in [0.4, 0.5) is 11.4 Å². The molecule has 0 heterocycles. The Balaban J connectivity index is 1.50. The van der Waals surface area contributed by atoms with Crippen LogP contribution in [-0.4, -0.2) is 0 Å². The van der Waals surface area contributed by atoms with Gasteiger partial charge in [-0.15, -0.1) is 0 Å². The van der Waals surface area contributed by atoms with Gasteiger partial charge in [-0.2, -0.15) is 10.2 Å². The molecule has 3 nitrogen and oxygen atoms in total. The Hall–Kier alpha value is -3.72. The first-order chi connectivity index (χ1) is 13.4. The van der Waals surface area contributed by atoms with Crippen LogP contribution in [-0.2, 0) is 0 Å². The van der Waals surface area contributed by atoms with Crippen LogP contribution >= 0.6 is 0 Å². The van der Waals surface area contributed by atoms with Gasteiger partial charge in [0.2, 0.25) is 0 Å². The number of benzene rings is 4. The number of rotatable bonds is 5. The average Bonchev–Trinajstić information content (AvgIpc) is 2.74. The van der Waals surface area contributed by atoms with Gasteiger partial charge in [0.25, 0.3) is 0 Å². The van der Waals surface area contributed by atoms with Gasteiger partial charge in [-0.25, -0.2) is 0 Å². The van der Waals surface area contributed by atoms with Crippen LogP contribution < -0.4 is 4.74 Å². The van der Waals surface area contributed by atoms with Gasteiger partial charge < -0.3 is 4.74 Å². The molecule has 27 heavy (non-hydrogen) atoms. The van der Waals surface area contributed by atoms with E-state index in [1.165, 1.54) is 0 Å². The van der Waals surface area contributed by atoms with E-state index in [-0.39, 0.29) is 0 Å². The summed E-state index contributed by atoms with van der Waals surface area (Å²) in [5.74, 6) is 1.59.